The number of aromatic nitrogens is 2. The van der Waals surface area contributed by atoms with Crippen LogP contribution in [0.3, 0.4) is 0 Å². The number of H-pyrrole nitrogens is 1. The number of imidazole rings is 1. The van der Waals surface area contributed by atoms with Gasteiger partial charge >= 0.3 is 0 Å². The van der Waals surface area contributed by atoms with E-state index in [1.807, 2.05) is 0 Å². The third kappa shape index (κ3) is 6.29. The first kappa shape index (κ1) is 25.6. The van der Waals surface area contributed by atoms with Gasteiger partial charge in [-0.3, -0.25) is 14.4 Å². The highest BCUT2D eigenvalue weighted by molar-refractivity contribution is 6.33. The van der Waals surface area contributed by atoms with Gasteiger partial charge in [0.25, 0.3) is 11.8 Å². The van der Waals surface area contributed by atoms with Crippen LogP contribution >= 0.6 is 11.6 Å². The summed E-state index contributed by atoms with van der Waals surface area (Å²) in [5.41, 5.74) is -0.233. The third-order valence-corrected chi connectivity index (χ3v) is 5.86. The van der Waals surface area contributed by atoms with Gasteiger partial charge in [-0.05, 0) is 38.7 Å². The zero-order chi connectivity index (χ0) is 24.8. The van der Waals surface area contributed by atoms with Gasteiger partial charge < -0.3 is 25.7 Å². The molecule has 2 aromatic rings. The smallest absolute Gasteiger partial charge is 0.272 e. The summed E-state index contributed by atoms with van der Waals surface area (Å²) >= 11 is 5.84. The van der Waals surface area contributed by atoms with Crippen molar-refractivity contribution in [3.63, 3.8) is 0 Å². The summed E-state index contributed by atoms with van der Waals surface area (Å²) in [6.45, 7) is 2.08. The predicted molar refractivity (Wildman–Crippen MR) is 121 cm³/mol. The first-order chi connectivity index (χ1) is 16.2. The average Bonchev–Trinajstić information content (AvgIpc) is 3.27. The van der Waals surface area contributed by atoms with Crippen LogP contribution in [-0.4, -0.2) is 53.5 Å². The van der Waals surface area contributed by atoms with Crippen molar-refractivity contribution in [2.75, 3.05) is 19.0 Å². The van der Waals surface area contributed by atoms with Crippen molar-refractivity contribution in [3.8, 4) is 0 Å². The maximum Gasteiger partial charge on any atom is 0.272 e. The molecule has 4 N–H and O–H groups in total. The van der Waals surface area contributed by atoms with E-state index in [4.69, 9.17) is 16.3 Å². The molecular formula is C22H26ClF2N5O4. The van der Waals surface area contributed by atoms with E-state index in [1.54, 1.807) is 6.92 Å². The zero-order valence-electron chi connectivity index (χ0n) is 18.7. The number of anilines is 1. The van der Waals surface area contributed by atoms with Crippen molar-refractivity contribution in [2.45, 2.75) is 44.7 Å². The first-order valence-corrected chi connectivity index (χ1v) is 11.2. The number of hydrogen-bond acceptors (Lipinski definition) is 5. The summed E-state index contributed by atoms with van der Waals surface area (Å²) in [6, 6.07) is 1.10. The van der Waals surface area contributed by atoms with Crippen LogP contribution in [-0.2, 0) is 9.53 Å². The van der Waals surface area contributed by atoms with Crippen molar-refractivity contribution in [2.24, 2.45) is 5.92 Å². The summed E-state index contributed by atoms with van der Waals surface area (Å²) in [7, 11) is 1.52. The lowest BCUT2D eigenvalue weighted by molar-refractivity contribution is -0.120. The Hall–Kier alpha value is -3.05. The van der Waals surface area contributed by atoms with Crippen LogP contribution in [0.5, 0.6) is 0 Å². The van der Waals surface area contributed by atoms with Crippen LogP contribution in [0.2, 0.25) is 5.02 Å². The molecule has 12 heteroatoms. The van der Waals surface area contributed by atoms with E-state index in [2.05, 4.69) is 25.9 Å². The molecule has 0 bridgehead atoms. The molecule has 1 aromatic carbocycles. The molecule has 0 saturated heterocycles. The van der Waals surface area contributed by atoms with Gasteiger partial charge in [0, 0.05) is 31.2 Å². The number of ether oxygens (including phenoxy) is 1. The minimum Gasteiger partial charge on any atom is -0.383 e. The van der Waals surface area contributed by atoms with Gasteiger partial charge in [0.2, 0.25) is 5.91 Å². The van der Waals surface area contributed by atoms with Crippen molar-refractivity contribution in [1.82, 2.24) is 20.6 Å². The molecule has 3 amide bonds. The zero-order valence-corrected chi connectivity index (χ0v) is 19.5. The summed E-state index contributed by atoms with van der Waals surface area (Å²) in [4.78, 5) is 44.3. The molecule has 1 heterocycles. The SMILES string of the molecule is COC[C@H](C)NC(=O)c1nc[nH]c1C(=O)N[C@H]1CC[C@H](C(=O)Nc2c(F)cc(F)cc2Cl)CC1. The molecule has 0 radical (unpaired) electrons. The second kappa shape index (κ2) is 11.4. The fourth-order valence-electron chi connectivity index (χ4n) is 3.87. The number of carbonyl (C=O) groups is 3. The molecule has 0 spiro atoms. The fraction of sp³-hybridized carbons (Fsp3) is 0.455. The Kier molecular flexibility index (Phi) is 8.56. The lowest BCUT2D eigenvalue weighted by Gasteiger charge is -2.28. The maximum absolute atomic E-state index is 13.9. The van der Waals surface area contributed by atoms with E-state index in [1.165, 1.54) is 13.4 Å². The summed E-state index contributed by atoms with van der Waals surface area (Å²) in [5.74, 6) is -3.59. The third-order valence-electron chi connectivity index (χ3n) is 5.56. The van der Waals surface area contributed by atoms with Gasteiger partial charge in [0.05, 0.1) is 23.6 Å². The lowest BCUT2D eigenvalue weighted by Crippen LogP contribution is -2.41. The molecule has 1 saturated carbocycles. The molecule has 3 rings (SSSR count). The number of amides is 3. The van der Waals surface area contributed by atoms with Gasteiger partial charge in [-0.1, -0.05) is 11.6 Å². The van der Waals surface area contributed by atoms with Crippen molar-refractivity contribution >= 4 is 35.0 Å². The number of carbonyl (C=O) groups excluding carboxylic acids is 3. The van der Waals surface area contributed by atoms with Crippen molar-refractivity contribution in [3.05, 3.63) is 46.5 Å². The molecule has 9 nitrogen and oxygen atoms in total. The van der Waals surface area contributed by atoms with Crippen LogP contribution in [0.15, 0.2) is 18.5 Å². The topological polar surface area (TPSA) is 125 Å². The number of rotatable bonds is 8. The highest BCUT2D eigenvalue weighted by Gasteiger charge is 2.30. The van der Waals surface area contributed by atoms with Gasteiger partial charge in [-0.25, -0.2) is 13.8 Å². The molecule has 1 aliphatic carbocycles. The molecule has 1 atom stereocenters. The highest BCUT2D eigenvalue weighted by Crippen LogP contribution is 2.30. The lowest BCUT2D eigenvalue weighted by atomic mass is 9.85. The van der Waals surface area contributed by atoms with Gasteiger partial charge in [0.1, 0.15) is 11.5 Å². The number of hydrogen-bond donors (Lipinski definition) is 4. The van der Waals surface area contributed by atoms with E-state index < -0.39 is 35.3 Å². The van der Waals surface area contributed by atoms with Gasteiger partial charge in [0.15, 0.2) is 11.5 Å². The molecule has 1 aliphatic rings. The Morgan fingerprint density at radius 2 is 1.91 bits per heavy atom. The number of nitrogens with one attached hydrogen (secondary N) is 4. The van der Waals surface area contributed by atoms with Crippen molar-refractivity contribution < 1.29 is 27.9 Å². The number of nitrogens with zero attached hydrogens (tertiary/aromatic N) is 1. The molecule has 0 unspecified atom stereocenters. The second-order valence-electron chi connectivity index (χ2n) is 8.21. The molecule has 34 heavy (non-hydrogen) atoms. The summed E-state index contributed by atoms with van der Waals surface area (Å²) < 4.78 is 32.1. The fourth-order valence-corrected chi connectivity index (χ4v) is 4.11. The Bertz CT molecular complexity index is 1030. The average molecular weight is 498 g/mol. The van der Waals surface area contributed by atoms with Crippen LogP contribution < -0.4 is 16.0 Å². The van der Waals surface area contributed by atoms with E-state index in [0.29, 0.717) is 38.4 Å². The Balaban J connectivity index is 1.53. The van der Waals surface area contributed by atoms with Crippen LogP contribution in [0.25, 0.3) is 0 Å². The second-order valence-corrected chi connectivity index (χ2v) is 8.62. The van der Waals surface area contributed by atoms with Gasteiger partial charge in [-0.2, -0.15) is 0 Å². The molecule has 1 aromatic heterocycles. The number of aromatic amines is 1. The van der Waals surface area contributed by atoms with E-state index >= 15 is 0 Å². The minimum absolute atomic E-state index is 0.0216. The largest absolute Gasteiger partial charge is 0.383 e. The predicted octanol–water partition coefficient (Wildman–Crippen LogP) is 3.03. The molecule has 1 fully saturated rings. The van der Waals surface area contributed by atoms with E-state index in [9.17, 15) is 23.2 Å². The Labute approximate surface area is 200 Å². The van der Waals surface area contributed by atoms with Crippen LogP contribution in [0, 0.1) is 17.6 Å². The molecule has 184 valence electrons. The Morgan fingerprint density at radius 3 is 2.56 bits per heavy atom. The summed E-state index contributed by atoms with van der Waals surface area (Å²) in [5, 5.41) is 7.77. The normalized spacial score (nSPS) is 18.7. The van der Waals surface area contributed by atoms with Crippen LogP contribution in [0.4, 0.5) is 14.5 Å². The maximum atomic E-state index is 13.9. The molecular weight excluding hydrogens is 472 g/mol. The standard InChI is InChI=1S/C22H26ClF2N5O4/c1-11(9-34-2)28-21(32)18-19(27-10-26-18)22(33)29-14-5-3-12(4-6-14)20(31)30-17-15(23)7-13(24)8-16(17)25/h7-8,10-12,14H,3-6,9H2,1-2H3,(H,26,27)(H,28,32)(H,29,33)(H,30,31)/t11-,12-,14-/m0/s1. The van der Waals surface area contributed by atoms with Crippen molar-refractivity contribution in [1.29, 1.82) is 0 Å². The quantitative estimate of drug-likeness (QED) is 0.446. The number of benzene rings is 1. The Morgan fingerprint density at radius 1 is 1.21 bits per heavy atom. The number of methoxy groups -OCH3 is 1. The monoisotopic (exact) mass is 497 g/mol. The van der Waals surface area contributed by atoms with Gasteiger partial charge in [-0.15, -0.1) is 0 Å². The number of halogens is 3. The summed E-state index contributed by atoms with van der Waals surface area (Å²) in [6.07, 6.45) is 3.17. The first-order valence-electron chi connectivity index (χ1n) is 10.8. The van der Waals surface area contributed by atoms with Crippen LogP contribution in [0.1, 0.15) is 53.6 Å². The minimum atomic E-state index is -0.949. The van der Waals surface area contributed by atoms with E-state index in [-0.39, 0.29) is 34.2 Å². The highest BCUT2D eigenvalue weighted by atomic mass is 35.5. The molecule has 0 aliphatic heterocycles. The van der Waals surface area contributed by atoms with E-state index in [0.717, 1.165) is 6.07 Å².